The summed E-state index contributed by atoms with van der Waals surface area (Å²) < 4.78 is 6.25. The number of ether oxygens (including phenoxy) is 1. The van der Waals surface area contributed by atoms with Gasteiger partial charge in [-0.05, 0) is 42.7 Å². The number of benzene rings is 2. The number of nitrogens with zero attached hydrogens (tertiary/aromatic N) is 3. The monoisotopic (exact) mass is 485 g/mol. The number of halogens is 1. The predicted octanol–water partition coefficient (Wildman–Crippen LogP) is 5.94. The number of hydrogen-bond donors (Lipinski definition) is 0. The Morgan fingerprint density at radius 3 is 2.85 bits per heavy atom. The lowest BCUT2D eigenvalue weighted by Gasteiger charge is -2.41. The largest absolute Gasteiger partial charge is 0.466 e. The number of fused-ring (bicyclic) bond motifs is 1. The molecule has 1 aliphatic rings. The zero-order valence-electron chi connectivity index (χ0n) is 19.4. The van der Waals surface area contributed by atoms with Crippen LogP contribution in [0.25, 0.3) is 10.2 Å². The zero-order valence-corrected chi connectivity index (χ0v) is 21.0. The second-order valence-electron chi connectivity index (χ2n) is 8.63. The van der Waals surface area contributed by atoms with Crippen molar-refractivity contribution in [2.45, 2.75) is 52.1 Å². The summed E-state index contributed by atoms with van der Waals surface area (Å²) in [5.41, 5.74) is 3.28. The summed E-state index contributed by atoms with van der Waals surface area (Å²) in [6.45, 7) is 8.36. The minimum Gasteiger partial charge on any atom is -0.466 e. The molecule has 1 aromatic heterocycles. The average Bonchev–Trinajstić information content (AvgIpc) is 3.21. The van der Waals surface area contributed by atoms with Crippen molar-refractivity contribution < 1.29 is 9.53 Å². The third-order valence-electron chi connectivity index (χ3n) is 6.09. The Labute approximate surface area is 205 Å². The number of carbonyl (C=O) groups excluding carboxylic acids is 1. The number of hydrogen-bond acceptors (Lipinski definition) is 6. The summed E-state index contributed by atoms with van der Waals surface area (Å²) in [7, 11) is 0. The number of thiazole rings is 1. The minimum absolute atomic E-state index is 0.167. The van der Waals surface area contributed by atoms with E-state index < -0.39 is 0 Å². The molecule has 0 N–H and O–H groups in total. The molecular weight excluding hydrogens is 454 g/mol. The fourth-order valence-corrected chi connectivity index (χ4v) is 5.83. The summed E-state index contributed by atoms with van der Waals surface area (Å²) in [5, 5.41) is 1.86. The highest BCUT2D eigenvalue weighted by Crippen LogP contribution is 2.33. The van der Waals surface area contributed by atoms with E-state index in [0.29, 0.717) is 19.1 Å². The molecule has 33 heavy (non-hydrogen) atoms. The number of rotatable bonds is 9. The van der Waals surface area contributed by atoms with Crippen LogP contribution < -0.4 is 4.90 Å². The van der Waals surface area contributed by atoms with Gasteiger partial charge in [0.25, 0.3) is 0 Å². The molecule has 1 atom stereocenters. The summed E-state index contributed by atoms with van der Waals surface area (Å²) in [6.07, 6.45) is 3.89. The Bertz CT molecular complexity index is 1090. The first-order valence-electron chi connectivity index (χ1n) is 11.8. The molecule has 1 saturated heterocycles. The molecule has 1 fully saturated rings. The first kappa shape index (κ1) is 24.0. The van der Waals surface area contributed by atoms with Gasteiger partial charge in [-0.3, -0.25) is 9.69 Å². The van der Waals surface area contributed by atoms with Crippen molar-refractivity contribution in [1.82, 2.24) is 9.88 Å². The lowest BCUT2D eigenvalue weighted by Crippen LogP contribution is -2.53. The molecule has 4 rings (SSSR count). The SMILES string of the molecule is CCCC[C@H]1CN(Cc2cccc(CC(=O)OCC)c2)CCN1c1nc2ccc(Cl)cc2s1. The molecule has 5 nitrogen and oxygen atoms in total. The molecule has 0 amide bonds. The number of aromatic nitrogens is 1. The maximum absolute atomic E-state index is 11.9. The summed E-state index contributed by atoms with van der Waals surface area (Å²) in [6, 6.07) is 14.7. The quantitative estimate of drug-likeness (QED) is 0.351. The molecule has 2 aromatic carbocycles. The summed E-state index contributed by atoms with van der Waals surface area (Å²) in [4.78, 5) is 21.8. The van der Waals surface area contributed by atoms with Gasteiger partial charge in [0.2, 0.25) is 0 Å². The van der Waals surface area contributed by atoms with Gasteiger partial charge in [-0.25, -0.2) is 4.98 Å². The van der Waals surface area contributed by atoms with Gasteiger partial charge in [-0.1, -0.05) is 67.0 Å². The van der Waals surface area contributed by atoms with Crippen molar-refractivity contribution in [3.8, 4) is 0 Å². The second kappa shape index (κ2) is 11.3. The van der Waals surface area contributed by atoms with Crippen molar-refractivity contribution in [2.24, 2.45) is 0 Å². The molecule has 0 bridgehead atoms. The molecule has 1 aliphatic heterocycles. The van der Waals surface area contributed by atoms with Crippen molar-refractivity contribution >= 4 is 44.3 Å². The summed E-state index contributed by atoms with van der Waals surface area (Å²) in [5.74, 6) is -0.167. The van der Waals surface area contributed by atoms with E-state index >= 15 is 0 Å². The number of piperazine rings is 1. The Hall–Kier alpha value is -2.15. The highest BCUT2D eigenvalue weighted by molar-refractivity contribution is 7.22. The van der Waals surface area contributed by atoms with Crippen LogP contribution in [0, 0.1) is 0 Å². The van der Waals surface area contributed by atoms with E-state index in [1.165, 1.54) is 18.4 Å². The van der Waals surface area contributed by atoms with Crippen LogP contribution in [0.4, 0.5) is 5.13 Å². The maximum Gasteiger partial charge on any atom is 0.310 e. The standard InChI is InChI=1S/C26H32ClN3O2S/c1-3-5-9-22-18-29(17-20-8-6-7-19(14-20)15-25(31)32-4-2)12-13-30(22)26-28-23-11-10-21(27)16-24(23)33-26/h6-8,10-11,14,16,22H,3-5,9,12-13,15,17-18H2,1-2H3/t22-/m0/s1. The molecule has 176 valence electrons. The molecule has 0 spiro atoms. The van der Waals surface area contributed by atoms with Crippen LogP contribution in [-0.2, 0) is 22.5 Å². The van der Waals surface area contributed by atoms with E-state index in [4.69, 9.17) is 21.3 Å². The van der Waals surface area contributed by atoms with Gasteiger partial charge in [0.1, 0.15) is 0 Å². The molecule has 7 heteroatoms. The number of esters is 1. The van der Waals surface area contributed by atoms with Gasteiger partial charge >= 0.3 is 5.97 Å². The Balaban J connectivity index is 1.45. The Kier molecular flexibility index (Phi) is 8.23. The van der Waals surface area contributed by atoms with E-state index in [1.807, 2.05) is 37.3 Å². The van der Waals surface area contributed by atoms with E-state index in [0.717, 1.165) is 58.5 Å². The van der Waals surface area contributed by atoms with Gasteiger partial charge in [0, 0.05) is 37.2 Å². The Morgan fingerprint density at radius 2 is 2.03 bits per heavy atom. The third-order valence-corrected chi connectivity index (χ3v) is 7.38. The molecule has 0 radical (unpaired) electrons. The molecule has 2 heterocycles. The first-order valence-corrected chi connectivity index (χ1v) is 13.0. The highest BCUT2D eigenvalue weighted by Gasteiger charge is 2.29. The van der Waals surface area contributed by atoms with Crippen LogP contribution in [0.1, 0.15) is 44.2 Å². The van der Waals surface area contributed by atoms with Crippen LogP contribution in [0.5, 0.6) is 0 Å². The van der Waals surface area contributed by atoms with E-state index in [9.17, 15) is 4.79 Å². The van der Waals surface area contributed by atoms with Gasteiger partial charge in [-0.2, -0.15) is 0 Å². The summed E-state index contributed by atoms with van der Waals surface area (Å²) >= 11 is 7.93. The van der Waals surface area contributed by atoms with Crippen LogP contribution in [0.2, 0.25) is 5.02 Å². The number of carbonyl (C=O) groups is 1. The van der Waals surface area contributed by atoms with Crippen LogP contribution in [-0.4, -0.2) is 48.1 Å². The minimum atomic E-state index is -0.167. The van der Waals surface area contributed by atoms with E-state index in [1.54, 1.807) is 11.3 Å². The normalized spacial score (nSPS) is 16.9. The molecule has 0 saturated carbocycles. The first-order chi connectivity index (χ1) is 16.1. The predicted molar refractivity (Wildman–Crippen MR) is 137 cm³/mol. The lowest BCUT2D eigenvalue weighted by atomic mass is 10.0. The number of anilines is 1. The van der Waals surface area contributed by atoms with Crippen LogP contribution in [0.3, 0.4) is 0 Å². The Morgan fingerprint density at radius 1 is 1.18 bits per heavy atom. The maximum atomic E-state index is 11.9. The topological polar surface area (TPSA) is 45.7 Å². The average molecular weight is 486 g/mol. The van der Waals surface area contributed by atoms with Gasteiger partial charge in [0.05, 0.1) is 23.2 Å². The number of unbranched alkanes of at least 4 members (excludes halogenated alkanes) is 1. The molecule has 0 unspecified atom stereocenters. The molecular formula is C26H32ClN3O2S. The van der Waals surface area contributed by atoms with Gasteiger partial charge in [-0.15, -0.1) is 0 Å². The van der Waals surface area contributed by atoms with Gasteiger partial charge in [0.15, 0.2) is 5.13 Å². The van der Waals surface area contributed by atoms with Crippen molar-refractivity contribution in [3.63, 3.8) is 0 Å². The van der Waals surface area contributed by atoms with Crippen molar-refractivity contribution in [2.75, 3.05) is 31.1 Å². The van der Waals surface area contributed by atoms with Crippen molar-refractivity contribution in [3.05, 3.63) is 58.6 Å². The highest BCUT2D eigenvalue weighted by atomic mass is 35.5. The van der Waals surface area contributed by atoms with E-state index in [-0.39, 0.29) is 5.97 Å². The van der Waals surface area contributed by atoms with Crippen LogP contribution >= 0.6 is 22.9 Å². The second-order valence-corrected chi connectivity index (χ2v) is 10.1. The lowest BCUT2D eigenvalue weighted by molar-refractivity contribution is -0.142. The fourth-order valence-electron chi connectivity index (χ4n) is 4.49. The third kappa shape index (κ3) is 6.25. The fraction of sp³-hybridized carbons (Fsp3) is 0.462. The van der Waals surface area contributed by atoms with Crippen molar-refractivity contribution in [1.29, 1.82) is 0 Å². The zero-order chi connectivity index (χ0) is 23.2. The van der Waals surface area contributed by atoms with Crippen LogP contribution in [0.15, 0.2) is 42.5 Å². The van der Waals surface area contributed by atoms with E-state index in [2.05, 4.69) is 28.9 Å². The smallest absolute Gasteiger partial charge is 0.310 e. The molecule has 0 aliphatic carbocycles. The van der Waals surface area contributed by atoms with Gasteiger partial charge < -0.3 is 9.64 Å². The molecule has 3 aromatic rings.